The highest BCUT2D eigenvalue weighted by atomic mass is 79.9. The van der Waals surface area contributed by atoms with Gasteiger partial charge >= 0.3 is 6.18 Å². The molecule has 0 aliphatic carbocycles. The molecular formula is C9H4BrF3N2O. The standard InChI is InChI=1S/C9H4BrF3N2O/c10-5-2-1-4(9(11,12)13)7-6(3-16)14-15-8(5)7/h1-3H,(H,14,15). The summed E-state index contributed by atoms with van der Waals surface area (Å²) in [6.07, 6.45) is -4.20. The second-order valence-corrected chi connectivity index (χ2v) is 3.93. The first-order chi connectivity index (χ1) is 7.45. The Labute approximate surface area is 95.8 Å². The Balaban J connectivity index is 2.90. The van der Waals surface area contributed by atoms with Gasteiger partial charge in [-0.25, -0.2) is 0 Å². The summed E-state index contributed by atoms with van der Waals surface area (Å²) >= 11 is 3.07. The van der Waals surface area contributed by atoms with E-state index < -0.39 is 11.7 Å². The average Bonchev–Trinajstić information content (AvgIpc) is 2.60. The molecule has 0 amide bonds. The quantitative estimate of drug-likeness (QED) is 0.821. The van der Waals surface area contributed by atoms with E-state index in [2.05, 4.69) is 26.1 Å². The molecular weight excluding hydrogens is 289 g/mol. The van der Waals surface area contributed by atoms with Crippen LogP contribution in [0.4, 0.5) is 13.2 Å². The highest BCUT2D eigenvalue weighted by molar-refractivity contribution is 9.10. The molecule has 0 atom stereocenters. The molecule has 0 aliphatic heterocycles. The number of benzene rings is 1. The van der Waals surface area contributed by atoms with Gasteiger partial charge in [0.05, 0.1) is 5.56 Å². The van der Waals surface area contributed by atoms with Crippen molar-refractivity contribution < 1.29 is 18.0 Å². The number of nitrogens with zero attached hydrogens (tertiary/aromatic N) is 1. The smallest absolute Gasteiger partial charge is 0.296 e. The summed E-state index contributed by atoms with van der Waals surface area (Å²) in [4.78, 5) is 10.6. The maximum Gasteiger partial charge on any atom is 0.417 e. The maximum atomic E-state index is 12.7. The lowest BCUT2D eigenvalue weighted by Gasteiger charge is -2.08. The lowest BCUT2D eigenvalue weighted by molar-refractivity contribution is -0.136. The van der Waals surface area contributed by atoms with Gasteiger partial charge in [0, 0.05) is 9.86 Å². The summed E-state index contributed by atoms with van der Waals surface area (Å²) in [6, 6.07) is 2.16. The summed E-state index contributed by atoms with van der Waals surface area (Å²) in [5.74, 6) is 0. The number of carbonyl (C=O) groups excluding carboxylic acids is 1. The molecule has 0 radical (unpaired) electrons. The minimum Gasteiger partial charge on any atom is -0.296 e. The number of halogens is 4. The third-order valence-electron chi connectivity index (χ3n) is 2.11. The van der Waals surface area contributed by atoms with Crippen LogP contribution in [0.2, 0.25) is 0 Å². The van der Waals surface area contributed by atoms with Crippen molar-refractivity contribution >= 4 is 33.1 Å². The fraction of sp³-hybridized carbons (Fsp3) is 0.111. The predicted octanol–water partition coefficient (Wildman–Crippen LogP) is 3.16. The highest BCUT2D eigenvalue weighted by Gasteiger charge is 2.34. The molecule has 84 valence electrons. The number of fused-ring (bicyclic) bond motifs is 1. The summed E-state index contributed by atoms with van der Waals surface area (Å²) in [5, 5.41) is 5.72. The van der Waals surface area contributed by atoms with Gasteiger partial charge in [0.15, 0.2) is 6.29 Å². The van der Waals surface area contributed by atoms with Crippen LogP contribution in [0.5, 0.6) is 0 Å². The van der Waals surface area contributed by atoms with Crippen molar-refractivity contribution in [2.75, 3.05) is 0 Å². The number of rotatable bonds is 1. The summed E-state index contributed by atoms with van der Waals surface area (Å²) in [7, 11) is 0. The molecule has 0 spiro atoms. The fourth-order valence-electron chi connectivity index (χ4n) is 1.44. The van der Waals surface area contributed by atoms with Crippen LogP contribution in [0.3, 0.4) is 0 Å². The third-order valence-corrected chi connectivity index (χ3v) is 2.75. The molecule has 0 fully saturated rings. The van der Waals surface area contributed by atoms with Gasteiger partial charge < -0.3 is 0 Å². The third kappa shape index (κ3) is 1.60. The van der Waals surface area contributed by atoms with Gasteiger partial charge in [-0.3, -0.25) is 9.89 Å². The van der Waals surface area contributed by atoms with Crippen molar-refractivity contribution in [2.24, 2.45) is 0 Å². The number of aldehydes is 1. The Morgan fingerprint density at radius 1 is 1.38 bits per heavy atom. The first-order valence-electron chi connectivity index (χ1n) is 4.14. The molecule has 1 N–H and O–H groups in total. The van der Waals surface area contributed by atoms with Crippen LogP contribution in [-0.4, -0.2) is 16.5 Å². The van der Waals surface area contributed by atoms with E-state index in [1.54, 1.807) is 0 Å². The molecule has 2 rings (SSSR count). The summed E-state index contributed by atoms with van der Waals surface area (Å²) < 4.78 is 38.4. The van der Waals surface area contributed by atoms with Crippen LogP contribution in [0.1, 0.15) is 16.1 Å². The van der Waals surface area contributed by atoms with Crippen LogP contribution in [0.25, 0.3) is 10.9 Å². The molecule has 1 aromatic carbocycles. The van der Waals surface area contributed by atoms with E-state index in [1.807, 2.05) is 0 Å². The van der Waals surface area contributed by atoms with Crippen molar-refractivity contribution in [1.82, 2.24) is 10.2 Å². The molecule has 0 saturated heterocycles. The summed E-state index contributed by atoms with van der Waals surface area (Å²) in [5.41, 5.74) is -0.956. The molecule has 2 aromatic rings. The van der Waals surface area contributed by atoms with E-state index in [1.165, 1.54) is 6.07 Å². The predicted molar refractivity (Wildman–Crippen MR) is 54.2 cm³/mol. The van der Waals surface area contributed by atoms with Gasteiger partial charge in [-0.05, 0) is 28.1 Å². The van der Waals surface area contributed by atoms with E-state index in [4.69, 9.17) is 0 Å². The Morgan fingerprint density at radius 3 is 2.62 bits per heavy atom. The zero-order chi connectivity index (χ0) is 11.9. The minimum absolute atomic E-state index is 0.0944. The van der Waals surface area contributed by atoms with E-state index in [-0.39, 0.29) is 16.6 Å². The van der Waals surface area contributed by atoms with Crippen molar-refractivity contribution in [1.29, 1.82) is 0 Å². The second kappa shape index (κ2) is 3.58. The molecule has 1 aromatic heterocycles. The van der Waals surface area contributed by atoms with Crippen LogP contribution in [0.15, 0.2) is 16.6 Å². The number of carbonyl (C=O) groups is 1. The number of aromatic amines is 1. The Bertz CT molecular complexity index is 562. The van der Waals surface area contributed by atoms with Crippen LogP contribution in [-0.2, 0) is 6.18 Å². The van der Waals surface area contributed by atoms with Crippen molar-refractivity contribution in [3.05, 3.63) is 27.9 Å². The van der Waals surface area contributed by atoms with E-state index in [0.29, 0.717) is 10.8 Å². The first-order valence-corrected chi connectivity index (χ1v) is 4.93. The van der Waals surface area contributed by atoms with Crippen molar-refractivity contribution in [2.45, 2.75) is 6.18 Å². The van der Waals surface area contributed by atoms with E-state index in [9.17, 15) is 18.0 Å². The monoisotopic (exact) mass is 292 g/mol. The van der Waals surface area contributed by atoms with E-state index in [0.717, 1.165) is 6.07 Å². The molecule has 7 heteroatoms. The van der Waals surface area contributed by atoms with Gasteiger partial charge in [0.2, 0.25) is 0 Å². The first kappa shape index (κ1) is 11.1. The Kier molecular flexibility index (Phi) is 2.49. The number of nitrogens with one attached hydrogen (secondary N) is 1. The second-order valence-electron chi connectivity index (χ2n) is 3.07. The molecule has 1 heterocycles. The lowest BCUT2D eigenvalue weighted by Crippen LogP contribution is -2.06. The van der Waals surface area contributed by atoms with Crippen molar-refractivity contribution in [3.63, 3.8) is 0 Å². The Hall–Kier alpha value is -1.37. The maximum absolute atomic E-state index is 12.7. The number of hydrogen-bond acceptors (Lipinski definition) is 2. The highest BCUT2D eigenvalue weighted by Crippen LogP contribution is 2.37. The van der Waals surface area contributed by atoms with Gasteiger partial charge in [-0.15, -0.1) is 0 Å². The lowest BCUT2D eigenvalue weighted by atomic mass is 10.1. The fourth-order valence-corrected chi connectivity index (χ4v) is 1.86. The molecule has 0 aliphatic rings. The number of hydrogen-bond donors (Lipinski definition) is 1. The van der Waals surface area contributed by atoms with Crippen LogP contribution in [0, 0.1) is 0 Å². The largest absolute Gasteiger partial charge is 0.417 e. The van der Waals surface area contributed by atoms with E-state index >= 15 is 0 Å². The number of aromatic nitrogens is 2. The molecule has 0 unspecified atom stereocenters. The Morgan fingerprint density at radius 2 is 2.06 bits per heavy atom. The average molecular weight is 293 g/mol. The zero-order valence-corrected chi connectivity index (χ0v) is 9.19. The van der Waals surface area contributed by atoms with Gasteiger partial charge in [-0.1, -0.05) is 0 Å². The molecule has 3 nitrogen and oxygen atoms in total. The minimum atomic E-state index is -4.51. The summed E-state index contributed by atoms with van der Waals surface area (Å²) in [6.45, 7) is 0. The zero-order valence-electron chi connectivity index (χ0n) is 7.60. The molecule has 16 heavy (non-hydrogen) atoms. The van der Waals surface area contributed by atoms with Gasteiger partial charge in [-0.2, -0.15) is 18.3 Å². The number of H-pyrrole nitrogens is 1. The van der Waals surface area contributed by atoms with Gasteiger partial charge in [0.25, 0.3) is 0 Å². The van der Waals surface area contributed by atoms with Crippen LogP contribution >= 0.6 is 15.9 Å². The SMILES string of the molecule is O=Cc1[nH]nc2c(Br)ccc(C(F)(F)F)c12. The number of alkyl halides is 3. The topological polar surface area (TPSA) is 45.8 Å². The molecule has 0 saturated carbocycles. The normalized spacial score (nSPS) is 12.0. The van der Waals surface area contributed by atoms with Crippen molar-refractivity contribution in [3.8, 4) is 0 Å². The molecule has 0 bridgehead atoms. The van der Waals surface area contributed by atoms with Gasteiger partial charge in [0.1, 0.15) is 11.2 Å². The van der Waals surface area contributed by atoms with Crippen LogP contribution < -0.4 is 0 Å².